The third-order valence-electron chi connectivity index (χ3n) is 5.02. The van der Waals surface area contributed by atoms with Gasteiger partial charge in [-0.1, -0.05) is 6.92 Å². The van der Waals surface area contributed by atoms with Crippen LogP contribution in [0.15, 0.2) is 24.3 Å². The summed E-state index contributed by atoms with van der Waals surface area (Å²) in [5, 5.41) is 15.3. The van der Waals surface area contributed by atoms with Gasteiger partial charge in [-0.05, 0) is 61.9 Å². The van der Waals surface area contributed by atoms with Crippen LogP contribution in [-0.2, 0) is 12.8 Å². The van der Waals surface area contributed by atoms with Crippen molar-refractivity contribution in [3.05, 3.63) is 40.5 Å². The van der Waals surface area contributed by atoms with E-state index >= 15 is 0 Å². The van der Waals surface area contributed by atoms with Crippen LogP contribution in [0.3, 0.4) is 0 Å². The molecule has 6 heteroatoms. The van der Waals surface area contributed by atoms with Gasteiger partial charge in [-0.2, -0.15) is 4.52 Å². The van der Waals surface area contributed by atoms with E-state index in [1.54, 1.807) is 12.1 Å². The zero-order valence-electron chi connectivity index (χ0n) is 14.2. The van der Waals surface area contributed by atoms with Crippen molar-refractivity contribution in [1.29, 1.82) is 0 Å². The topological polar surface area (TPSA) is 63.3 Å². The maximum Gasteiger partial charge on any atom is 0.182 e. The van der Waals surface area contributed by atoms with Crippen LogP contribution in [0.1, 0.15) is 29.6 Å². The van der Waals surface area contributed by atoms with Crippen LogP contribution in [0.25, 0.3) is 27.3 Å². The molecule has 1 aromatic carbocycles. The summed E-state index contributed by atoms with van der Waals surface area (Å²) in [4.78, 5) is 12.2. The Bertz CT molecular complexity index is 1110. The molecule has 0 aliphatic heterocycles. The summed E-state index contributed by atoms with van der Waals surface area (Å²) >= 11 is 1.81. The average molecular weight is 350 g/mol. The molecule has 5 nitrogen and oxygen atoms in total. The fourth-order valence-electron chi connectivity index (χ4n) is 3.67. The molecule has 0 saturated heterocycles. The van der Waals surface area contributed by atoms with E-state index in [1.165, 1.54) is 22.2 Å². The van der Waals surface area contributed by atoms with Gasteiger partial charge in [-0.25, -0.2) is 9.97 Å². The molecular weight excluding hydrogens is 332 g/mol. The highest BCUT2D eigenvalue weighted by molar-refractivity contribution is 7.19. The minimum Gasteiger partial charge on any atom is -0.508 e. The number of thiophene rings is 1. The van der Waals surface area contributed by atoms with Crippen LogP contribution in [0.2, 0.25) is 0 Å². The van der Waals surface area contributed by atoms with Crippen molar-refractivity contribution in [2.75, 3.05) is 0 Å². The highest BCUT2D eigenvalue weighted by atomic mass is 32.1. The fourth-order valence-corrected chi connectivity index (χ4v) is 5.10. The summed E-state index contributed by atoms with van der Waals surface area (Å²) in [6.45, 7) is 4.30. The highest BCUT2D eigenvalue weighted by Crippen LogP contribution is 2.39. The third kappa shape index (κ3) is 2.24. The summed E-state index contributed by atoms with van der Waals surface area (Å²) in [5.74, 6) is 2.50. The van der Waals surface area contributed by atoms with Gasteiger partial charge in [0, 0.05) is 10.4 Å². The Morgan fingerprint density at radius 3 is 2.80 bits per heavy atom. The Labute approximate surface area is 149 Å². The average Bonchev–Trinajstić information content (AvgIpc) is 3.16. The molecule has 1 aliphatic rings. The second-order valence-corrected chi connectivity index (χ2v) is 7.99. The Morgan fingerprint density at radius 2 is 2.00 bits per heavy atom. The van der Waals surface area contributed by atoms with Crippen LogP contribution < -0.4 is 0 Å². The van der Waals surface area contributed by atoms with Crippen LogP contribution in [0.4, 0.5) is 0 Å². The van der Waals surface area contributed by atoms with Gasteiger partial charge in [0.05, 0.1) is 5.39 Å². The van der Waals surface area contributed by atoms with Gasteiger partial charge in [0.25, 0.3) is 0 Å². The molecule has 0 saturated carbocycles. The summed E-state index contributed by atoms with van der Waals surface area (Å²) in [5.41, 5.74) is 3.21. The fraction of sp³-hybridized carbons (Fsp3) is 0.316. The first-order valence-electron chi connectivity index (χ1n) is 8.57. The lowest BCUT2D eigenvalue weighted by atomic mass is 9.89. The number of benzene rings is 1. The van der Waals surface area contributed by atoms with Crippen molar-refractivity contribution in [1.82, 2.24) is 19.6 Å². The number of phenols is 1. The second-order valence-electron chi connectivity index (χ2n) is 6.91. The largest absolute Gasteiger partial charge is 0.508 e. The van der Waals surface area contributed by atoms with Crippen molar-refractivity contribution in [3.63, 3.8) is 0 Å². The van der Waals surface area contributed by atoms with Crippen LogP contribution in [-0.4, -0.2) is 24.7 Å². The zero-order valence-corrected chi connectivity index (χ0v) is 15.0. The van der Waals surface area contributed by atoms with Gasteiger partial charge in [-0.3, -0.25) is 0 Å². The Hall–Kier alpha value is -2.47. The van der Waals surface area contributed by atoms with Gasteiger partial charge >= 0.3 is 0 Å². The lowest BCUT2D eigenvalue weighted by Crippen LogP contribution is -2.08. The normalized spacial score (nSPS) is 17.3. The summed E-state index contributed by atoms with van der Waals surface area (Å²) < 4.78 is 1.86. The standard InChI is InChI=1S/C19H18N4OS/c1-10-3-8-14-15(9-10)25-19-16(14)18-21-17(22-23(18)11(2)20-19)12-4-6-13(24)7-5-12/h4-7,10,24H,3,8-9H2,1-2H3/t10-/m1/s1. The lowest BCUT2D eigenvalue weighted by Gasteiger charge is -2.17. The first kappa shape index (κ1) is 14.8. The molecule has 5 rings (SSSR count). The summed E-state index contributed by atoms with van der Waals surface area (Å²) in [6.07, 6.45) is 3.46. The molecule has 0 bridgehead atoms. The van der Waals surface area contributed by atoms with Crippen molar-refractivity contribution >= 4 is 27.2 Å². The second kappa shape index (κ2) is 5.26. The van der Waals surface area contributed by atoms with Gasteiger partial charge < -0.3 is 5.11 Å². The van der Waals surface area contributed by atoms with E-state index in [2.05, 4.69) is 12.0 Å². The van der Waals surface area contributed by atoms with E-state index in [0.717, 1.165) is 40.6 Å². The number of aryl methyl sites for hydroxylation is 2. The molecule has 4 aromatic rings. The highest BCUT2D eigenvalue weighted by Gasteiger charge is 2.24. The molecule has 126 valence electrons. The van der Waals surface area contributed by atoms with Crippen molar-refractivity contribution in [2.24, 2.45) is 5.92 Å². The Kier molecular flexibility index (Phi) is 3.12. The van der Waals surface area contributed by atoms with Gasteiger partial charge in [0.2, 0.25) is 0 Å². The summed E-state index contributed by atoms with van der Waals surface area (Å²) in [6, 6.07) is 7.01. The molecule has 1 atom stereocenters. The molecule has 3 heterocycles. The molecule has 0 unspecified atom stereocenters. The Balaban J connectivity index is 1.78. The van der Waals surface area contributed by atoms with E-state index in [0.29, 0.717) is 5.82 Å². The van der Waals surface area contributed by atoms with E-state index in [-0.39, 0.29) is 5.75 Å². The number of phenolic OH excluding ortho intramolecular Hbond substituents is 1. The van der Waals surface area contributed by atoms with Crippen LogP contribution in [0, 0.1) is 12.8 Å². The van der Waals surface area contributed by atoms with Crippen molar-refractivity contribution < 1.29 is 5.11 Å². The maximum absolute atomic E-state index is 9.50. The number of rotatable bonds is 1. The van der Waals surface area contributed by atoms with E-state index in [9.17, 15) is 5.11 Å². The van der Waals surface area contributed by atoms with E-state index in [1.807, 2.05) is 34.9 Å². The molecule has 3 aromatic heterocycles. The van der Waals surface area contributed by atoms with E-state index in [4.69, 9.17) is 9.97 Å². The SMILES string of the molecule is Cc1nc2sc3c(c2c2nc(-c4ccc(O)cc4)nn12)CC[C@@H](C)C3. The molecule has 25 heavy (non-hydrogen) atoms. The first-order valence-corrected chi connectivity index (χ1v) is 9.39. The quantitative estimate of drug-likeness (QED) is 0.560. The Morgan fingerprint density at radius 1 is 1.20 bits per heavy atom. The predicted octanol–water partition coefficient (Wildman–Crippen LogP) is 4.14. The molecule has 0 fully saturated rings. The molecule has 0 spiro atoms. The minimum atomic E-state index is 0.244. The number of hydrogen-bond acceptors (Lipinski definition) is 5. The predicted molar refractivity (Wildman–Crippen MR) is 99.2 cm³/mol. The molecule has 0 radical (unpaired) electrons. The minimum absolute atomic E-state index is 0.244. The number of aromatic nitrogens is 4. The van der Waals surface area contributed by atoms with Crippen LogP contribution in [0.5, 0.6) is 5.75 Å². The number of fused-ring (bicyclic) bond motifs is 5. The van der Waals surface area contributed by atoms with Gasteiger partial charge in [-0.15, -0.1) is 16.4 Å². The van der Waals surface area contributed by atoms with Crippen LogP contribution >= 0.6 is 11.3 Å². The van der Waals surface area contributed by atoms with Crippen molar-refractivity contribution in [3.8, 4) is 17.1 Å². The monoisotopic (exact) mass is 350 g/mol. The summed E-state index contributed by atoms with van der Waals surface area (Å²) in [7, 11) is 0. The lowest BCUT2D eigenvalue weighted by molar-refractivity contribution is 0.475. The van der Waals surface area contributed by atoms with E-state index < -0.39 is 0 Å². The number of hydrogen-bond donors (Lipinski definition) is 1. The molecule has 1 aliphatic carbocycles. The third-order valence-corrected chi connectivity index (χ3v) is 6.17. The number of nitrogens with zero attached hydrogens (tertiary/aromatic N) is 4. The molecular formula is C19H18N4OS. The smallest absolute Gasteiger partial charge is 0.182 e. The molecule has 0 amide bonds. The zero-order chi connectivity index (χ0) is 17.1. The van der Waals surface area contributed by atoms with Gasteiger partial charge in [0.1, 0.15) is 16.4 Å². The first-order chi connectivity index (χ1) is 12.1. The number of aromatic hydroxyl groups is 1. The maximum atomic E-state index is 9.50. The van der Waals surface area contributed by atoms with Gasteiger partial charge in [0.15, 0.2) is 11.5 Å². The van der Waals surface area contributed by atoms with Crippen molar-refractivity contribution in [2.45, 2.75) is 33.1 Å². The molecule has 1 N–H and O–H groups in total.